The Morgan fingerprint density at radius 3 is 2.70 bits per heavy atom. The van der Waals surface area contributed by atoms with Gasteiger partial charge in [0.25, 0.3) is 0 Å². The van der Waals surface area contributed by atoms with Gasteiger partial charge in [0.2, 0.25) is 5.95 Å². The minimum absolute atomic E-state index is 0.554. The molecule has 0 bridgehead atoms. The second-order valence-electron chi connectivity index (χ2n) is 5.93. The summed E-state index contributed by atoms with van der Waals surface area (Å²) in [5, 5.41) is 6.85. The largest absolute Gasteiger partial charge is 0.370 e. The minimum atomic E-state index is 0.554. The average Bonchev–Trinajstić information content (AvgIpc) is 2.86. The molecule has 2 N–H and O–H groups in total. The van der Waals surface area contributed by atoms with E-state index in [-0.39, 0.29) is 0 Å². The van der Waals surface area contributed by atoms with Crippen LogP contribution in [0.2, 0.25) is 0 Å². The second kappa shape index (κ2) is 7.43. The molecular weight excluding hydrogens is 250 g/mol. The fourth-order valence-corrected chi connectivity index (χ4v) is 2.59. The summed E-state index contributed by atoms with van der Waals surface area (Å²) in [6.45, 7) is 4.05. The van der Waals surface area contributed by atoms with Gasteiger partial charge in [0, 0.05) is 24.3 Å². The molecule has 1 aliphatic carbocycles. The van der Waals surface area contributed by atoms with Crippen LogP contribution < -0.4 is 10.6 Å². The summed E-state index contributed by atoms with van der Waals surface area (Å²) in [5.41, 5.74) is 1.01. The summed E-state index contributed by atoms with van der Waals surface area (Å²) in [4.78, 5) is 11.2. The molecular formula is C15H27N5. The van der Waals surface area contributed by atoms with E-state index < -0.39 is 0 Å². The SMILES string of the molecule is Cc1cc(NCCCN(C)C)nc(NC2CCCC2)n1. The summed E-state index contributed by atoms with van der Waals surface area (Å²) < 4.78 is 0. The van der Waals surface area contributed by atoms with Gasteiger partial charge in [-0.1, -0.05) is 12.8 Å². The Balaban J connectivity index is 1.86. The van der Waals surface area contributed by atoms with Gasteiger partial charge in [-0.3, -0.25) is 0 Å². The van der Waals surface area contributed by atoms with E-state index in [0.29, 0.717) is 6.04 Å². The number of hydrogen-bond acceptors (Lipinski definition) is 5. The highest BCUT2D eigenvalue weighted by atomic mass is 15.2. The van der Waals surface area contributed by atoms with E-state index in [1.165, 1.54) is 25.7 Å². The third-order valence-corrected chi connectivity index (χ3v) is 3.63. The number of rotatable bonds is 7. The Morgan fingerprint density at radius 1 is 1.25 bits per heavy atom. The Bertz CT molecular complexity index is 413. The smallest absolute Gasteiger partial charge is 0.225 e. The molecule has 1 heterocycles. The highest BCUT2D eigenvalue weighted by Crippen LogP contribution is 2.21. The van der Waals surface area contributed by atoms with E-state index in [1.54, 1.807) is 0 Å². The van der Waals surface area contributed by atoms with Gasteiger partial charge in [-0.25, -0.2) is 4.98 Å². The third-order valence-electron chi connectivity index (χ3n) is 3.63. The molecule has 2 rings (SSSR count). The molecule has 5 heteroatoms. The van der Waals surface area contributed by atoms with Crippen molar-refractivity contribution in [3.05, 3.63) is 11.8 Å². The van der Waals surface area contributed by atoms with Gasteiger partial charge in [0.05, 0.1) is 0 Å². The van der Waals surface area contributed by atoms with Gasteiger partial charge in [-0.2, -0.15) is 4.98 Å². The van der Waals surface area contributed by atoms with Crippen molar-refractivity contribution in [3.63, 3.8) is 0 Å². The number of anilines is 2. The van der Waals surface area contributed by atoms with Crippen LogP contribution >= 0.6 is 0 Å². The van der Waals surface area contributed by atoms with Crippen LogP contribution in [-0.4, -0.2) is 48.1 Å². The molecule has 0 amide bonds. The minimum Gasteiger partial charge on any atom is -0.370 e. The van der Waals surface area contributed by atoms with Crippen molar-refractivity contribution in [2.24, 2.45) is 0 Å². The maximum Gasteiger partial charge on any atom is 0.225 e. The summed E-state index contributed by atoms with van der Waals surface area (Å²) >= 11 is 0. The lowest BCUT2D eigenvalue weighted by atomic mass is 10.2. The Kier molecular flexibility index (Phi) is 5.59. The Hall–Kier alpha value is -1.36. The number of aryl methyl sites for hydroxylation is 1. The fraction of sp³-hybridized carbons (Fsp3) is 0.733. The molecule has 0 saturated heterocycles. The van der Waals surface area contributed by atoms with Gasteiger partial charge < -0.3 is 15.5 Å². The average molecular weight is 277 g/mol. The van der Waals surface area contributed by atoms with E-state index in [0.717, 1.165) is 37.0 Å². The van der Waals surface area contributed by atoms with Crippen molar-refractivity contribution in [2.75, 3.05) is 37.8 Å². The molecule has 5 nitrogen and oxygen atoms in total. The van der Waals surface area contributed by atoms with Crippen LogP contribution in [-0.2, 0) is 0 Å². The number of nitrogens with one attached hydrogen (secondary N) is 2. The second-order valence-corrected chi connectivity index (χ2v) is 5.93. The van der Waals surface area contributed by atoms with Crippen molar-refractivity contribution in [3.8, 4) is 0 Å². The first-order valence-electron chi connectivity index (χ1n) is 7.64. The zero-order valence-electron chi connectivity index (χ0n) is 12.9. The van der Waals surface area contributed by atoms with E-state index >= 15 is 0 Å². The van der Waals surface area contributed by atoms with E-state index in [1.807, 2.05) is 13.0 Å². The molecule has 0 aliphatic heterocycles. The van der Waals surface area contributed by atoms with Crippen LogP contribution in [0.3, 0.4) is 0 Å². The molecule has 1 fully saturated rings. The number of aromatic nitrogens is 2. The van der Waals surface area contributed by atoms with Gasteiger partial charge >= 0.3 is 0 Å². The monoisotopic (exact) mass is 277 g/mol. The molecule has 20 heavy (non-hydrogen) atoms. The molecule has 112 valence electrons. The van der Waals surface area contributed by atoms with Crippen LogP contribution in [0.5, 0.6) is 0 Å². The van der Waals surface area contributed by atoms with Crippen molar-refractivity contribution in [2.45, 2.75) is 45.1 Å². The molecule has 0 aromatic carbocycles. The van der Waals surface area contributed by atoms with Gasteiger partial charge in [0.1, 0.15) is 5.82 Å². The molecule has 1 aliphatic rings. The summed E-state index contributed by atoms with van der Waals surface area (Å²) in [6.07, 6.45) is 6.23. The maximum atomic E-state index is 4.57. The molecule has 0 unspecified atom stereocenters. The molecule has 0 radical (unpaired) electrons. The van der Waals surface area contributed by atoms with Crippen molar-refractivity contribution >= 4 is 11.8 Å². The first-order valence-corrected chi connectivity index (χ1v) is 7.64. The maximum absolute atomic E-state index is 4.57. The fourth-order valence-electron chi connectivity index (χ4n) is 2.59. The van der Waals surface area contributed by atoms with E-state index in [2.05, 4.69) is 39.6 Å². The predicted octanol–water partition coefficient (Wildman–Crippen LogP) is 2.50. The highest BCUT2D eigenvalue weighted by Gasteiger charge is 2.15. The number of hydrogen-bond donors (Lipinski definition) is 2. The number of nitrogens with zero attached hydrogens (tertiary/aromatic N) is 3. The summed E-state index contributed by atoms with van der Waals surface area (Å²) in [6, 6.07) is 2.56. The molecule has 0 spiro atoms. The van der Waals surface area contributed by atoms with Crippen molar-refractivity contribution in [1.82, 2.24) is 14.9 Å². The molecule has 1 saturated carbocycles. The van der Waals surface area contributed by atoms with Crippen LogP contribution in [0.4, 0.5) is 11.8 Å². The van der Waals surface area contributed by atoms with E-state index in [9.17, 15) is 0 Å². The van der Waals surface area contributed by atoms with Gasteiger partial charge in [0.15, 0.2) is 0 Å². The zero-order valence-corrected chi connectivity index (χ0v) is 12.9. The van der Waals surface area contributed by atoms with Gasteiger partial charge in [-0.05, 0) is 46.8 Å². The lowest BCUT2D eigenvalue weighted by Gasteiger charge is -2.14. The van der Waals surface area contributed by atoms with Crippen LogP contribution in [0.25, 0.3) is 0 Å². The third kappa shape index (κ3) is 4.96. The normalized spacial score (nSPS) is 15.8. The van der Waals surface area contributed by atoms with E-state index in [4.69, 9.17) is 0 Å². The standard InChI is InChI=1S/C15H27N5/c1-12-11-14(16-9-6-10-20(2)3)19-15(17-12)18-13-7-4-5-8-13/h11,13H,4-10H2,1-3H3,(H2,16,17,18,19). The summed E-state index contributed by atoms with van der Waals surface area (Å²) in [7, 11) is 4.19. The lowest BCUT2D eigenvalue weighted by Crippen LogP contribution is -2.19. The van der Waals surface area contributed by atoms with Crippen LogP contribution in [0.1, 0.15) is 37.8 Å². The zero-order chi connectivity index (χ0) is 14.4. The first kappa shape index (κ1) is 15.0. The molecule has 1 aromatic heterocycles. The van der Waals surface area contributed by atoms with Crippen LogP contribution in [0.15, 0.2) is 6.07 Å². The Labute approximate surface area is 122 Å². The Morgan fingerprint density at radius 2 is 2.00 bits per heavy atom. The molecule has 0 atom stereocenters. The van der Waals surface area contributed by atoms with Gasteiger partial charge in [-0.15, -0.1) is 0 Å². The van der Waals surface area contributed by atoms with Crippen molar-refractivity contribution < 1.29 is 0 Å². The topological polar surface area (TPSA) is 53.1 Å². The summed E-state index contributed by atoms with van der Waals surface area (Å²) in [5.74, 6) is 1.70. The predicted molar refractivity (Wildman–Crippen MR) is 84.3 cm³/mol. The highest BCUT2D eigenvalue weighted by molar-refractivity contribution is 5.42. The lowest BCUT2D eigenvalue weighted by molar-refractivity contribution is 0.405. The molecule has 1 aromatic rings. The quantitative estimate of drug-likeness (QED) is 0.750. The van der Waals surface area contributed by atoms with Crippen LogP contribution in [0, 0.1) is 6.92 Å². The van der Waals surface area contributed by atoms with Crippen molar-refractivity contribution in [1.29, 1.82) is 0 Å². The first-order chi connectivity index (χ1) is 9.63.